The molecule has 1 N–H and O–H groups in total. The van der Waals surface area contributed by atoms with E-state index in [-0.39, 0.29) is 13.0 Å². The quantitative estimate of drug-likeness (QED) is 0.730. The van der Waals surface area contributed by atoms with Gasteiger partial charge < -0.3 is 14.8 Å². The number of likely N-dealkylation sites (N-methyl/N-ethyl adjacent to an activating group) is 1. The Labute approximate surface area is 88.1 Å². The smallest absolute Gasteiger partial charge is 0.307 e. The first kappa shape index (κ1) is 11.2. The third-order valence-electron chi connectivity index (χ3n) is 2.09. The summed E-state index contributed by atoms with van der Waals surface area (Å²) in [5, 5.41) is 8.71. The summed E-state index contributed by atoms with van der Waals surface area (Å²) in [7, 11) is 1.76. The summed E-state index contributed by atoms with van der Waals surface area (Å²) in [5.74, 6) is -0.873. The summed E-state index contributed by atoms with van der Waals surface area (Å²) in [6.07, 6.45) is 0.761. The van der Waals surface area contributed by atoms with Gasteiger partial charge in [-0.3, -0.25) is 4.79 Å². The highest BCUT2D eigenvalue weighted by atomic mass is 16.4. The van der Waals surface area contributed by atoms with Crippen molar-refractivity contribution in [2.75, 3.05) is 18.5 Å². The van der Waals surface area contributed by atoms with Gasteiger partial charge in [0.15, 0.2) is 0 Å². The zero-order valence-corrected chi connectivity index (χ0v) is 8.51. The van der Waals surface area contributed by atoms with Crippen LogP contribution >= 0.6 is 0 Å². The predicted molar refractivity (Wildman–Crippen MR) is 57.1 cm³/mol. The van der Waals surface area contributed by atoms with Gasteiger partial charge in [-0.15, -0.1) is 0 Å². The average Bonchev–Trinajstić information content (AvgIpc) is 2.18. The first-order valence-corrected chi connectivity index (χ1v) is 4.59. The Morgan fingerprint density at radius 3 is 2.73 bits per heavy atom. The van der Waals surface area contributed by atoms with Gasteiger partial charge in [0.1, 0.15) is 6.29 Å². The molecule has 0 saturated carbocycles. The maximum Gasteiger partial charge on any atom is 0.307 e. The number of hydrogen-bond donors (Lipinski definition) is 1. The molecule has 0 bridgehead atoms. The lowest BCUT2D eigenvalue weighted by molar-refractivity contribution is -0.136. The molecule has 0 atom stereocenters. The molecule has 0 amide bonds. The van der Waals surface area contributed by atoms with Gasteiger partial charge in [0.2, 0.25) is 0 Å². The summed E-state index contributed by atoms with van der Waals surface area (Å²) < 4.78 is 0. The zero-order valence-electron chi connectivity index (χ0n) is 8.51. The maximum atomic E-state index is 10.6. The van der Waals surface area contributed by atoms with E-state index in [9.17, 15) is 9.59 Å². The van der Waals surface area contributed by atoms with Gasteiger partial charge in [-0.1, -0.05) is 18.2 Å². The van der Waals surface area contributed by atoms with E-state index in [4.69, 9.17) is 5.11 Å². The van der Waals surface area contributed by atoms with Crippen LogP contribution < -0.4 is 4.90 Å². The summed E-state index contributed by atoms with van der Waals surface area (Å²) in [4.78, 5) is 22.7. The molecular formula is C11H13NO3. The van der Waals surface area contributed by atoms with E-state index < -0.39 is 5.97 Å². The SMILES string of the molecule is CN(CC=O)c1ccccc1CC(=O)O. The highest BCUT2D eigenvalue weighted by molar-refractivity contribution is 5.74. The van der Waals surface area contributed by atoms with Crippen LogP contribution in [0.25, 0.3) is 0 Å². The second-order valence-corrected chi connectivity index (χ2v) is 3.25. The lowest BCUT2D eigenvalue weighted by atomic mass is 10.1. The van der Waals surface area contributed by atoms with Gasteiger partial charge in [-0.05, 0) is 11.6 Å². The first-order chi connectivity index (χ1) is 7.15. The molecule has 15 heavy (non-hydrogen) atoms. The molecule has 80 valence electrons. The molecule has 0 heterocycles. The number of rotatable bonds is 5. The summed E-state index contributed by atoms with van der Waals surface area (Å²) in [6, 6.07) is 7.17. The minimum absolute atomic E-state index is 0.0284. The monoisotopic (exact) mass is 207 g/mol. The van der Waals surface area contributed by atoms with Gasteiger partial charge in [-0.25, -0.2) is 0 Å². The Morgan fingerprint density at radius 2 is 2.13 bits per heavy atom. The van der Waals surface area contributed by atoms with Crippen molar-refractivity contribution in [1.29, 1.82) is 0 Å². The number of carboxylic acid groups (broad SMARTS) is 1. The predicted octanol–water partition coefficient (Wildman–Crippen LogP) is 0.949. The molecule has 0 unspecified atom stereocenters. The number of nitrogens with zero attached hydrogens (tertiary/aromatic N) is 1. The van der Waals surface area contributed by atoms with Crippen LogP contribution in [-0.4, -0.2) is 31.0 Å². The lowest BCUT2D eigenvalue weighted by Gasteiger charge is -2.19. The highest BCUT2D eigenvalue weighted by Gasteiger charge is 2.08. The topological polar surface area (TPSA) is 57.6 Å². The third kappa shape index (κ3) is 3.09. The van der Waals surface area contributed by atoms with E-state index in [1.165, 1.54) is 0 Å². The number of carbonyl (C=O) groups excluding carboxylic acids is 1. The largest absolute Gasteiger partial charge is 0.481 e. The molecular weight excluding hydrogens is 194 g/mol. The number of aliphatic carboxylic acids is 1. The summed E-state index contributed by atoms with van der Waals surface area (Å²) in [5.41, 5.74) is 1.50. The number of benzene rings is 1. The summed E-state index contributed by atoms with van der Waals surface area (Å²) >= 11 is 0. The molecule has 4 nitrogen and oxygen atoms in total. The van der Waals surface area contributed by atoms with Crippen molar-refractivity contribution in [3.63, 3.8) is 0 Å². The summed E-state index contributed by atoms with van der Waals surface area (Å²) in [6.45, 7) is 0.261. The van der Waals surface area contributed by atoms with Crippen LogP contribution in [0.1, 0.15) is 5.56 Å². The Balaban J connectivity index is 2.94. The van der Waals surface area contributed by atoms with Crippen LogP contribution in [0.15, 0.2) is 24.3 Å². The molecule has 0 fully saturated rings. The first-order valence-electron chi connectivity index (χ1n) is 4.59. The average molecular weight is 207 g/mol. The maximum absolute atomic E-state index is 10.6. The lowest BCUT2D eigenvalue weighted by Crippen LogP contribution is -2.21. The van der Waals surface area contributed by atoms with Crippen LogP contribution in [0.5, 0.6) is 0 Å². The molecule has 0 radical (unpaired) electrons. The van der Waals surface area contributed by atoms with E-state index >= 15 is 0 Å². The second kappa shape index (κ2) is 5.14. The molecule has 1 rings (SSSR count). The molecule has 1 aromatic carbocycles. The standard InChI is InChI=1S/C11H13NO3/c1-12(6-7-13)10-5-3-2-4-9(10)8-11(14)15/h2-5,7H,6,8H2,1H3,(H,14,15). The van der Waals surface area contributed by atoms with Gasteiger partial charge in [0.05, 0.1) is 13.0 Å². The molecule has 0 spiro atoms. The van der Waals surface area contributed by atoms with Crippen LogP contribution in [0, 0.1) is 0 Å². The number of carbonyl (C=O) groups is 2. The Hall–Kier alpha value is -1.84. The molecule has 0 saturated heterocycles. The van der Waals surface area contributed by atoms with E-state index in [1.807, 2.05) is 12.1 Å². The third-order valence-corrected chi connectivity index (χ3v) is 2.09. The van der Waals surface area contributed by atoms with Crippen LogP contribution in [0.4, 0.5) is 5.69 Å². The van der Waals surface area contributed by atoms with E-state index in [2.05, 4.69) is 0 Å². The van der Waals surface area contributed by atoms with E-state index in [1.54, 1.807) is 24.1 Å². The fraction of sp³-hybridized carbons (Fsp3) is 0.273. The van der Waals surface area contributed by atoms with Crippen molar-refractivity contribution >= 4 is 17.9 Å². The fourth-order valence-electron chi connectivity index (χ4n) is 1.41. The molecule has 1 aromatic rings. The molecule has 0 aliphatic rings. The molecule has 4 heteroatoms. The molecule has 0 aromatic heterocycles. The van der Waals surface area contributed by atoms with Crippen molar-refractivity contribution in [3.05, 3.63) is 29.8 Å². The van der Waals surface area contributed by atoms with Crippen molar-refractivity contribution in [3.8, 4) is 0 Å². The Morgan fingerprint density at radius 1 is 1.47 bits per heavy atom. The number of hydrogen-bond acceptors (Lipinski definition) is 3. The second-order valence-electron chi connectivity index (χ2n) is 3.25. The number of anilines is 1. The van der Waals surface area contributed by atoms with Gasteiger partial charge in [0, 0.05) is 12.7 Å². The number of para-hydroxylation sites is 1. The zero-order chi connectivity index (χ0) is 11.3. The molecule has 0 aliphatic heterocycles. The van der Waals surface area contributed by atoms with Crippen molar-refractivity contribution in [2.45, 2.75) is 6.42 Å². The van der Waals surface area contributed by atoms with Gasteiger partial charge >= 0.3 is 5.97 Å². The minimum Gasteiger partial charge on any atom is -0.481 e. The van der Waals surface area contributed by atoms with Crippen LogP contribution in [0.2, 0.25) is 0 Å². The molecule has 0 aliphatic carbocycles. The number of carboxylic acids is 1. The van der Waals surface area contributed by atoms with Gasteiger partial charge in [0.25, 0.3) is 0 Å². The fourth-order valence-corrected chi connectivity index (χ4v) is 1.41. The Kier molecular flexibility index (Phi) is 3.85. The normalized spacial score (nSPS) is 9.67. The van der Waals surface area contributed by atoms with Crippen molar-refractivity contribution < 1.29 is 14.7 Å². The van der Waals surface area contributed by atoms with E-state index in [0.717, 1.165) is 12.0 Å². The highest BCUT2D eigenvalue weighted by Crippen LogP contribution is 2.19. The minimum atomic E-state index is -0.873. The van der Waals surface area contributed by atoms with Crippen molar-refractivity contribution in [2.24, 2.45) is 0 Å². The van der Waals surface area contributed by atoms with Gasteiger partial charge in [-0.2, -0.15) is 0 Å². The number of aldehydes is 1. The Bertz CT molecular complexity index is 363. The van der Waals surface area contributed by atoms with Crippen LogP contribution in [-0.2, 0) is 16.0 Å². The van der Waals surface area contributed by atoms with Crippen LogP contribution in [0.3, 0.4) is 0 Å². The van der Waals surface area contributed by atoms with Crippen molar-refractivity contribution in [1.82, 2.24) is 0 Å². The van der Waals surface area contributed by atoms with E-state index in [0.29, 0.717) is 5.56 Å².